The molecule has 18 heavy (non-hydrogen) atoms. The first-order chi connectivity index (χ1) is 8.76. The van der Waals surface area contributed by atoms with Crippen molar-refractivity contribution in [3.8, 4) is 5.75 Å². The Bertz CT molecular complexity index is 403. The van der Waals surface area contributed by atoms with E-state index >= 15 is 0 Å². The lowest BCUT2D eigenvalue weighted by molar-refractivity contribution is 0.183. The Labute approximate surface area is 113 Å². The molecule has 0 amide bonds. The number of methoxy groups -OCH3 is 2. The van der Waals surface area contributed by atoms with Crippen molar-refractivity contribution in [1.82, 2.24) is 5.32 Å². The summed E-state index contributed by atoms with van der Waals surface area (Å²) in [4.78, 5) is 0. The van der Waals surface area contributed by atoms with E-state index in [0.717, 1.165) is 18.8 Å². The highest BCUT2D eigenvalue weighted by Gasteiger charge is 2.20. The molecule has 1 aromatic carbocycles. The maximum absolute atomic E-state index is 6.23. The van der Waals surface area contributed by atoms with E-state index in [4.69, 9.17) is 21.1 Å². The van der Waals surface area contributed by atoms with Crippen LogP contribution in [0.25, 0.3) is 0 Å². The van der Waals surface area contributed by atoms with Crippen LogP contribution in [0.15, 0.2) is 12.1 Å². The highest BCUT2D eigenvalue weighted by Crippen LogP contribution is 2.34. The molecule has 0 saturated carbocycles. The molecule has 3 nitrogen and oxygen atoms in total. The lowest BCUT2D eigenvalue weighted by Gasteiger charge is -2.26. The average molecular weight is 270 g/mol. The summed E-state index contributed by atoms with van der Waals surface area (Å²) in [7, 11) is 3.35. The van der Waals surface area contributed by atoms with Gasteiger partial charge in [-0.25, -0.2) is 0 Å². The van der Waals surface area contributed by atoms with E-state index in [1.165, 1.54) is 24.0 Å². The molecule has 1 N–H and O–H groups in total. The van der Waals surface area contributed by atoms with Crippen molar-refractivity contribution in [2.75, 3.05) is 27.3 Å². The molecule has 1 saturated heterocycles. The molecule has 0 spiro atoms. The van der Waals surface area contributed by atoms with Crippen molar-refractivity contribution >= 4 is 11.6 Å². The molecule has 0 aromatic heterocycles. The van der Waals surface area contributed by atoms with Crippen LogP contribution >= 0.6 is 11.6 Å². The second kappa shape index (κ2) is 6.41. The number of hydrogen-bond donors (Lipinski definition) is 1. The van der Waals surface area contributed by atoms with Gasteiger partial charge in [-0.15, -0.1) is 0 Å². The fourth-order valence-electron chi connectivity index (χ4n) is 2.55. The summed E-state index contributed by atoms with van der Waals surface area (Å²) in [6.45, 7) is 2.72. The van der Waals surface area contributed by atoms with Gasteiger partial charge < -0.3 is 14.8 Å². The summed E-state index contributed by atoms with van der Waals surface area (Å²) in [5.74, 6) is 1.24. The molecule has 0 radical (unpaired) electrons. The third-order valence-corrected chi connectivity index (χ3v) is 3.75. The molecule has 0 bridgehead atoms. The first kappa shape index (κ1) is 13.7. The van der Waals surface area contributed by atoms with Gasteiger partial charge in [0.25, 0.3) is 0 Å². The van der Waals surface area contributed by atoms with E-state index in [9.17, 15) is 0 Å². The highest BCUT2D eigenvalue weighted by atomic mass is 35.5. The summed E-state index contributed by atoms with van der Waals surface area (Å²) >= 11 is 6.23. The second-order valence-electron chi connectivity index (χ2n) is 4.66. The van der Waals surface area contributed by atoms with Crippen molar-refractivity contribution in [3.63, 3.8) is 0 Å². The minimum Gasteiger partial charge on any atom is -0.495 e. The number of hydrogen-bond acceptors (Lipinski definition) is 3. The average Bonchev–Trinajstić information content (AvgIpc) is 2.41. The topological polar surface area (TPSA) is 30.5 Å². The Kier molecular flexibility index (Phi) is 4.87. The predicted octanol–water partition coefficient (Wildman–Crippen LogP) is 2.96. The number of halogens is 1. The normalized spacial score (nSPS) is 19.8. The molecule has 2 rings (SSSR count). The summed E-state index contributed by atoms with van der Waals surface area (Å²) in [6, 6.07) is 4.03. The van der Waals surface area contributed by atoms with Crippen LogP contribution in [0.5, 0.6) is 5.75 Å². The van der Waals surface area contributed by atoms with Crippen LogP contribution in [0.2, 0.25) is 5.02 Å². The van der Waals surface area contributed by atoms with Crippen molar-refractivity contribution in [2.45, 2.75) is 25.4 Å². The molecule has 4 heteroatoms. The fourth-order valence-corrected chi connectivity index (χ4v) is 2.79. The van der Waals surface area contributed by atoms with Crippen LogP contribution in [0.4, 0.5) is 0 Å². The highest BCUT2D eigenvalue weighted by molar-refractivity contribution is 6.32. The van der Waals surface area contributed by atoms with E-state index in [-0.39, 0.29) is 0 Å². The molecule has 1 aromatic rings. The van der Waals surface area contributed by atoms with Crippen LogP contribution in [0.3, 0.4) is 0 Å². The maximum Gasteiger partial charge on any atom is 0.137 e. The van der Waals surface area contributed by atoms with Gasteiger partial charge in [0.1, 0.15) is 5.75 Å². The summed E-state index contributed by atoms with van der Waals surface area (Å²) < 4.78 is 10.6. The zero-order valence-corrected chi connectivity index (χ0v) is 11.7. The van der Waals surface area contributed by atoms with E-state index in [1.54, 1.807) is 14.2 Å². The molecule has 1 atom stereocenters. The zero-order valence-electron chi connectivity index (χ0n) is 11.0. The number of piperidine rings is 1. The van der Waals surface area contributed by atoms with Crippen LogP contribution < -0.4 is 10.1 Å². The quantitative estimate of drug-likeness (QED) is 0.912. The molecule has 100 valence electrons. The Morgan fingerprint density at radius 3 is 2.83 bits per heavy atom. The smallest absolute Gasteiger partial charge is 0.137 e. The molecule has 1 unspecified atom stereocenters. The monoisotopic (exact) mass is 269 g/mol. The standard InChI is InChI=1S/C14H20ClNO2/c1-17-9-11-6-14(18-2)13(15)7-12(11)10-4-3-5-16-8-10/h6-7,10,16H,3-5,8-9H2,1-2H3. The first-order valence-electron chi connectivity index (χ1n) is 6.32. The van der Waals surface area contributed by atoms with E-state index in [1.807, 2.05) is 12.1 Å². The van der Waals surface area contributed by atoms with Crippen LogP contribution in [0.1, 0.15) is 29.9 Å². The number of nitrogens with one attached hydrogen (secondary N) is 1. The third kappa shape index (κ3) is 2.97. The van der Waals surface area contributed by atoms with Crippen molar-refractivity contribution in [3.05, 3.63) is 28.3 Å². The van der Waals surface area contributed by atoms with E-state index in [0.29, 0.717) is 17.5 Å². The van der Waals surface area contributed by atoms with E-state index in [2.05, 4.69) is 5.32 Å². The molecule has 1 aliphatic rings. The van der Waals surface area contributed by atoms with Gasteiger partial charge in [-0.1, -0.05) is 11.6 Å². The zero-order chi connectivity index (χ0) is 13.0. The Hall–Kier alpha value is -0.770. The van der Waals surface area contributed by atoms with Gasteiger partial charge in [0.15, 0.2) is 0 Å². The van der Waals surface area contributed by atoms with Gasteiger partial charge in [-0.2, -0.15) is 0 Å². The second-order valence-corrected chi connectivity index (χ2v) is 5.07. The van der Waals surface area contributed by atoms with Crippen LogP contribution in [-0.4, -0.2) is 27.3 Å². The Morgan fingerprint density at radius 2 is 2.22 bits per heavy atom. The van der Waals surface area contributed by atoms with Crippen molar-refractivity contribution in [1.29, 1.82) is 0 Å². The molecule has 1 aliphatic heterocycles. The van der Waals surface area contributed by atoms with Gasteiger partial charge in [0.05, 0.1) is 18.7 Å². The lowest BCUT2D eigenvalue weighted by Crippen LogP contribution is -2.29. The molecular weight excluding hydrogens is 250 g/mol. The van der Waals surface area contributed by atoms with Gasteiger partial charge in [0, 0.05) is 13.7 Å². The fraction of sp³-hybridized carbons (Fsp3) is 0.571. The number of benzene rings is 1. The van der Waals surface area contributed by atoms with E-state index < -0.39 is 0 Å². The van der Waals surface area contributed by atoms with Crippen LogP contribution in [-0.2, 0) is 11.3 Å². The first-order valence-corrected chi connectivity index (χ1v) is 6.70. The lowest BCUT2D eigenvalue weighted by atomic mass is 9.88. The molecule has 0 aliphatic carbocycles. The van der Waals surface area contributed by atoms with Crippen LogP contribution in [0, 0.1) is 0 Å². The van der Waals surface area contributed by atoms with Crippen molar-refractivity contribution in [2.24, 2.45) is 0 Å². The third-order valence-electron chi connectivity index (χ3n) is 3.45. The largest absolute Gasteiger partial charge is 0.495 e. The van der Waals surface area contributed by atoms with Gasteiger partial charge in [-0.05, 0) is 48.6 Å². The van der Waals surface area contributed by atoms with Crippen molar-refractivity contribution < 1.29 is 9.47 Å². The summed E-state index contributed by atoms with van der Waals surface area (Å²) in [6.07, 6.45) is 2.41. The number of rotatable bonds is 4. The molecule has 1 fully saturated rings. The summed E-state index contributed by atoms with van der Waals surface area (Å²) in [5, 5.41) is 4.11. The number of ether oxygens (including phenoxy) is 2. The van der Waals surface area contributed by atoms with Gasteiger partial charge in [-0.3, -0.25) is 0 Å². The minimum absolute atomic E-state index is 0.521. The minimum atomic E-state index is 0.521. The SMILES string of the molecule is COCc1cc(OC)c(Cl)cc1C1CCCNC1. The maximum atomic E-state index is 6.23. The Morgan fingerprint density at radius 1 is 1.39 bits per heavy atom. The Balaban J connectivity index is 2.33. The molecule has 1 heterocycles. The predicted molar refractivity (Wildman–Crippen MR) is 73.6 cm³/mol. The van der Waals surface area contributed by atoms with Gasteiger partial charge in [0.2, 0.25) is 0 Å². The summed E-state index contributed by atoms with van der Waals surface area (Å²) in [5.41, 5.74) is 2.46. The molecular formula is C14H20ClNO2. The van der Waals surface area contributed by atoms with Gasteiger partial charge >= 0.3 is 0 Å².